The molecule has 0 unspecified atom stereocenters. The van der Waals surface area contributed by atoms with E-state index in [-0.39, 0.29) is 5.91 Å². The molecule has 1 heterocycles. The molecule has 2 aromatic carbocycles. The SMILES string of the molecule is CN1CCN(C(=Nc2ccccc2)SCC(=O)Nc2ccccc2)CC1. The molecule has 0 saturated carbocycles. The standard InChI is InChI=1S/C20H24N4OS/c1-23-12-14-24(15-13-23)20(22-18-10-6-3-7-11-18)26-16-19(25)21-17-8-4-2-5-9-17/h2-11H,12-16H2,1H3,(H,21,25). The number of anilines is 1. The highest BCUT2D eigenvalue weighted by molar-refractivity contribution is 8.14. The Morgan fingerprint density at radius 3 is 2.27 bits per heavy atom. The van der Waals surface area contributed by atoms with Crippen LogP contribution in [-0.2, 0) is 4.79 Å². The van der Waals surface area contributed by atoms with Gasteiger partial charge in [0.05, 0.1) is 11.4 Å². The number of rotatable bonds is 4. The predicted octanol–water partition coefficient (Wildman–Crippen LogP) is 3.29. The van der Waals surface area contributed by atoms with Gasteiger partial charge in [0.15, 0.2) is 5.17 Å². The van der Waals surface area contributed by atoms with Crippen molar-refractivity contribution < 1.29 is 4.79 Å². The number of nitrogens with zero attached hydrogens (tertiary/aromatic N) is 3. The number of carbonyl (C=O) groups is 1. The average molecular weight is 369 g/mol. The molecule has 1 aliphatic heterocycles. The van der Waals surface area contributed by atoms with Gasteiger partial charge in [-0.15, -0.1) is 0 Å². The van der Waals surface area contributed by atoms with E-state index in [0.717, 1.165) is 42.7 Å². The number of aliphatic imine (C=N–C) groups is 1. The molecule has 1 aliphatic rings. The highest BCUT2D eigenvalue weighted by atomic mass is 32.2. The van der Waals surface area contributed by atoms with E-state index in [1.54, 1.807) is 0 Å². The maximum atomic E-state index is 12.3. The van der Waals surface area contributed by atoms with Gasteiger partial charge in [0.2, 0.25) is 5.91 Å². The molecule has 3 rings (SSSR count). The number of hydrogen-bond acceptors (Lipinski definition) is 4. The van der Waals surface area contributed by atoms with Crippen molar-refractivity contribution in [3.63, 3.8) is 0 Å². The summed E-state index contributed by atoms with van der Waals surface area (Å²) in [6.07, 6.45) is 0. The van der Waals surface area contributed by atoms with E-state index in [1.807, 2.05) is 60.7 Å². The summed E-state index contributed by atoms with van der Waals surface area (Å²) >= 11 is 1.50. The Kier molecular flexibility index (Phi) is 6.68. The van der Waals surface area contributed by atoms with E-state index in [0.29, 0.717) is 5.75 Å². The molecule has 0 aromatic heterocycles. The topological polar surface area (TPSA) is 47.9 Å². The fourth-order valence-electron chi connectivity index (χ4n) is 2.65. The number of thioether (sulfide) groups is 1. The fraction of sp³-hybridized carbons (Fsp3) is 0.300. The smallest absolute Gasteiger partial charge is 0.234 e. The molecule has 0 spiro atoms. The minimum Gasteiger partial charge on any atom is -0.349 e. The molecular weight excluding hydrogens is 344 g/mol. The van der Waals surface area contributed by atoms with Crippen molar-refractivity contribution in [2.45, 2.75) is 0 Å². The first kappa shape index (κ1) is 18.5. The maximum absolute atomic E-state index is 12.3. The lowest BCUT2D eigenvalue weighted by Crippen LogP contribution is -2.46. The molecule has 1 N–H and O–H groups in total. The summed E-state index contributed by atoms with van der Waals surface area (Å²) in [6, 6.07) is 19.5. The van der Waals surface area contributed by atoms with Crippen LogP contribution in [0.5, 0.6) is 0 Å². The van der Waals surface area contributed by atoms with Crippen LogP contribution in [0.1, 0.15) is 0 Å². The van der Waals surface area contributed by atoms with E-state index < -0.39 is 0 Å². The number of para-hydroxylation sites is 2. The van der Waals surface area contributed by atoms with Gasteiger partial charge in [-0.3, -0.25) is 4.79 Å². The summed E-state index contributed by atoms with van der Waals surface area (Å²) in [5, 5.41) is 3.84. The molecule has 1 fully saturated rings. The molecule has 6 heteroatoms. The predicted molar refractivity (Wildman–Crippen MR) is 110 cm³/mol. The molecule has 0 bridgehead atoms. The van der Waals surface area contributed by atoms with Gasteiger partial charge in [-0.1, -0.05) is 48.2 Å². The third-order valence-electron chi connectivity index (χ3n) is 4.14. The van der Waals surface area contributed by atoms with E-state index >= 15 is 0 Å². The lowest BCUT2D eigenvalue weighted by molar-refractivity contribution is -0.113. The Bertz CT molecular complexity index is 728. The molecular formula is C20H24N4OS. The second-order valence-electron chi connectivity index (χ2n) is 6.22. The Hall–Kier alpha value is -2.31. The van der Waals surface area contributed by atoms with Gasteiger partial charge >= 0.3 is 0 Å². The van der Waals surface area contributed by atoms with E-state index in [1.165, 1.54) is 11.8 Å². The second kappa shape index (κ2) is 9.40. The first-order valence-electron chi connectivity index (χ1n) is 8.75. The van der Waals surface area contributed by atoms with Crippen LogP contribution in [0.4, 0.5) is 11.4 Å². The molecule has 136 valence electrons. The number of piperazine rings is 1. The average Bonchev–Trinajstić information content (AvgIpc) is 2.67. The summed E-state index contributed by atoms with van der Waals surface area (Å²) in [5.41, 5.74) is 1.73. The molecule has 5 nitrogen and oxygen atoms in total. The lowest BCUT2D eigenvalue weighted by Gasteiger charge is -2.34. The molecule has 26 heavy (non-hydrogen) atoms. The van der Waals surface area contributed by atoms with E-state index in [4.69, 9.17) is 4.99 Å². The quantitative estimate of drug-likeness (QED) is 0.665. The summed E-state index contributed by atoms with van der Waals surface area (Å²) < 4.78 is 0. The van der Waals surface area contributed by atoms with Gasteiger partial charge < -0.3 is 15.1 Å². The van der Waals surface area contributed by atoms with Crippen molar-refractivity contribution in [1.29, 1.82) is 0 Å². The number of amides is 1. The number of hydrogen-bond donors (Lipinski definition) is 1. The zero-order chi connectivity index (χ0) is 18.2. The van der Waals surface area contributed by atoms with Crippen LogP contribution in [0.2, 0.25) is 0 Å². The Morgan fingerprint density at radius 1 is 1.00 bits per heavy atom. The van der Waals surface area contributed by atoms with Crippen molar-refractivity contribution in [2.75, 3.05) is 44.3 Å². The van der Waals surface area contributed by atoms with Crippen molar-refractivity contribution in [1.82, 2.24) is 9.80 Å². The second-order valence-corrected chi connectivity index (χ2v) is 7.17. The molecule has 0 radical (unpaired) electrons. The Labute approximate surface area is 159 Å². The van der Waals surface area contributed by atoms with Crippen LogP contribution in [0, 0.1) is 0 Å². The first-order chi connectivity index (χ1) is 12.7. The normalized spacial score (nSPS) is 15.7. The third kappa shape index (κ3) is 5.61. The lowest BCUT2D eigenvalue weighted by atomic mass is 10.3. The van der Waals surface area contributed by atoms with Crippen LogP contribution in [0.3, 0.4) is 0 Å². The van der Waals surface area contributed by atoms with Crippen molar-refractivity contribution in [2.24, 2.45) is 4.99 Å². The number of likely N-dealkylation sites (N-methyl/N-ethyl adjacent to an activating group) is 1. The fourth-order valence-corrected chi connectivity index (χ4v) is 3.52. The summed E-state index contributed by atoms with van der Waals surface area (Å²) in [4.78, 5) is 21.7. The summed E-state index contributed by atoms with van der Waals surface area (Å²) in [5.74, 6) is 0.323. The highest BCUT2D eigenvalue weighted by Crippen LogP contribution is 2.19. The largest absolute Gasteiger partial charge is 0.349 e. The van der Waals surface area contributed by atoms with Crippen LogP contribution < -0.4 is 5.32 Å². The van der Waals surface area contributed by atoms with E-state index in [2.05, 4.69) is 22.2 Å². The number of amidine groups is 1. The van der Waals surface area contributed by atoms with Crippen LogP contribution in [0.15, 0.2) is 65.7 Å². The van der Waals surface area contributed by atoms with Gasteiger partial charge in [0, 0.05) is 31.9 Å². The Morgan fingerprint density at radius 2 is 1.62 bits per heavy atom. The zero-order valence-electron chi connectivity index (χ0n) is 15.0. The third-order valence-corrected chi connectivity index (χ3v) is 5.16. The minimum absolute atomic E-state index is 0.0175. The van der Waals surface area contributed by atoms with Gasteiger partial charge in [0.25, 0.3) is 0 Å². The Balaban J connectivity index is 1.65. The first-order valence-corrected chi connectivity index (χ1v) is 9.74. The summed E-state index contributed by atoms with van der Waals surface area (Å²) in [6.45, 7) is 3.86. The van der Waals surface area contributed by atoms with Gasteiger partial charge in [-0.2, -0.15) is 0 Å². The number of nitrogens with one attached hydrogen (secondary N) is 1. The van der Waals surface area contributed by atoms with Crippen molar-refractivity contribution in [3.05, 3.63) is 60.7 Å². The highest BCUT2D eigenvalue weighted by Gasteiger charge is 2.19. The zero-order valence-corrected chi connectivity index (χ0v) is 15.8. The van der Waals surface area contributed by atoms with E-state index in [9.17, 15) is 4.79 Å². The maximum Gasteiger partial charge on any atom is 0.234 e. The molecule has 0 atom stereocenters. The van der Waals surface area contributed by atoms with Crippen molar-refractivity contribution >= 4 is 34.2 Å². The van der Waals surface area contributed by atoms with Crippen molar-refractivity contribution in [3.8, 4) is 0 Å². The summed E-state index contributed by atoms with van der Waals surface area (Å²) in [7, 11) is 2.13. The minimum atomic E-state index is -0.0175. The molecule has 0 aliphatic carbocycles. The van der Waals surface area contributed by atoms with Gasteiger partial charge in [0.1, 0.15) is 0 Å². The van der Waals surface area contributed by atoms with Gasteiger partial charge in [-0.05, 0) is 31.3 Å². The van der Waals surface area contributed by atoms with Crippen LogP contribution >= 0.6 is 11.8 Å². The molecule has 1 amide bonds. The van der Waals surface area contributed by atoms with Crippen LogP contribution in [0.25, 0.3) is 0 Å². The molecule has 2 aromatic rings. The monoisotopic (exact) mass is 368 g/mol. The van der Waals surface area contributed by atoms with Gasteiger partial charge in [-0.25, -0.2) is 4.99 Å². The van der Waals surface area contributed by atoms with Crippen LogP contribution in [-0.4, -0.2) is 59.9 Å². The number of benzene rings is 2. The molecule has 1 saturated heterocycles. The number of carbonyl (C=O) groups excluding carboxylic acids is 1.